The van der Waals surface area contributed by atoms with Crippen molar-refractivity contribution in [3.05, 3.63) is 15.9 Å². The van der Waals surface area contributed by atoms with Gasteiger partial charge in [0.2, 0.25) is 5.82 Å². The van der Waals surface area contributed by atoms with Gasteiger partial charge in [-0.2, -0.15) is 4.98 Å². The molecule has 7 nitrogen and oxygen atoms in total. The van der Waals surface area contributed by atoms with Gasteiger partial charge in [0, 0.05) is 12.0 Å². The highest BCUT2D eigenvalue weighted by Gasteiger charge is 2.34. The number of ether oxygens (including phenoxy) is 1. The van der Waals surface area contributed by atoms with E-state index in [4.69, 9.17) is 4.74 Å². The van der Waals surface area contributed by atoms with Gasteiger partial charge >= 0.3 is 5.69 Å². The first-order chi connectivity index (χ1) is 10.6. The lowest BCUT2D eigenvalue weighted by atomic mass is 9.86. The molecule has 0 aliphatic heterocycles. The summed E-state index contributed by atoms with van der Waals surface area (Å²) in [6.07, 6.45) is 6.61. The number of hydrogen-bond acceptors (Lipinski definition) is 6. The van der Waals surface area contributed by atoms with E-state index in [-0.39, 0.29) is 17.6 Å². The Labute approximate surface area is 129 Å². The molecule has 120 valence electrons. The molecular formula is C15H22N4O3. The third kappa shape index (κ3) is 2.98. The third-order valence-electron chi connectivity index (χ3n) is 4.62. The standard InChI is InChI=1S/C15H22N4O3/c1-9-5-3-4-6-11(9)16-14-12(19(20)21)15(22-2)18-13(17-14)10-7-8-10/h9-11H,3-8H2,1-2H3,(H,16,17,18). The lowest BCUT2D eigenvalue weighted by Gasteiger charge is -2.29. The molecule has 2 unspecified atom stereocenters. The largest absolute Gasteiger partial charge is 0.476 e. The molecule has 1 aromatic heterocycles. The van der Waals surface area contributed by atoms with Gasteiger partial charge in [0.15, 0.2) is 0 Å². The highest BCUT2D eigenvalue weighted by atomic mass is 16.6. The second-order valence-corrected chi connectivity index (χ2v) is 6.33. The molecule has 0 aromatic carbocycles. The van der Waals surface area contributed by atoms with Crippen molar-refractivity contribution in [3.8, 4) is 5.88 Å². The Morgan fingerprint density at radius 1 is 1.23 bits per heavy atom. The van der Waals surface area contributed by atoms with E-state index in [2.05, 4.69) is 22.2 Å². The Morgan fingerprint density at radius 2 is 1.95 bits per heavy atom. The number of anilines is 1. The summed E-state index contributed by atoms with van der Waals surface area (Å²) in [7, 11) is 1.42. The minimum Gasteiger partial charge on any atom is -0.476 e. The van der Waals surface area contributed by atoms with Gasteiger partial charge in [-0.05, 0) is 31.6 Å². The summed E-state index contributed by atoms with van der Waals surface area (Å²) < 4.78 is 5.15. The molecule has 2 fully saturated rings. The quantitative estimate of drug-likeness (QED) is 0.663. The fraction of sp³-hybridized carbons (Fsp3) is 0.733. The van der Waals surface area contributed by atoms with Crippen molar-refractivity contribution in [2.75, 3.05) is 12.4 Å². The van der Waals surface area contributed by atoms with Gasteiger partial charge in [-0.1, -0.05) is 19.8 Å². The van der Waals surface area contributed by atoms with Crippen molar-refractivity contribution in [3.63, 3.8) is 0 Å². The maximum Gasteiger partial charge on any atom is 0.372 e. The molecule has 1 N–H and O–H groups in total. The van der Waals surface area contributed by atoms with E-state index in [9.17, 15) is 10.1 Å². The number of nitro groups is 1. The monoisotopic (exact) mass is 306 g/mol. The summed E-state index contributed by atoms with van der Waals surface area (Å²) >= 11 is 0. The summed E-state index contributed by atoms with van der Waals surface area (Å²) in [6, 6.07) is 0.221. The van der Waals surface area contributed by atoms with E-state index < -0.39 is 4.92 Å². The van der Waals surface area contributed by atoms with Gasteiger partial charge in [-0.3, -0.25) is 10.1 Å². The van der Waals surface area contributed by atoms with Crippen LogP contribution in [0.3, 0.4) is 0 Å². The van der Waals surface area contributed by atoms with Gasteiger partial charge in [0.1, 0.15) is 5.82 Å². The molecule has 1 heterocycles. The van der Waals surface area contributed by atoms with E-state index >= 15 is 0 Å². The number of rotatable bonds is 5. The first-order valence-electron chi connectivity index (χ1n) is 7.97. The van der Waals surface area contributed by atoms with Gasteiger partial charge in [0.05, 0.1) is 12.0 Å². The molecule has 0 spiro atoms. The number of nitrogens with one attached hydrogen (secondary N) is 1. The Kier molecular flexibility index (Phi) is 4.13. The molecule has 2 atom stereocenters. The zero-order valence-electron chi connectivity index (χ0n) is 13.0. The van der Waals surface area contributed by atoms with Crippen LogP contribution in [-0.4, -0.2) is 28.0 Å². The van der Waals surface area contributed by atoms with Crippen LogP contribution in [0, 0.1) is 16.0 Å². The molecule has 22 heavy (non-hydrogen) atoms. The molecule has 1 aromatic rings. The first kappa shape index (κ1) is 15.0. The Balaban J connectivity index is 1.95. The van der Waals surface area contributed by atoms with E-state index in [1.807, 2.05) is 0 Å². The summed E-state index contributed by atoms with van der Waals surface area (Å²) in [6.45, 7) is 2.18. The number of nitrogens with zero attached hydrogens (tertiary/aromatic N) is 3. The van der Waals surface area contributed by atoms with Gasteiger partial charge < -0.3 is 10.1 Å². The van der Waals surface area contributed by atoms with Crippen molar-refractivity contribution in [2.24, 2.45) is 5.92 Å². The number of hydrogen-bond donors (Lipinski definition) is 1. The van der Waals surface area contributed by atoms with Crippen LogP contribution >= 0.6 is 0 Å². The molecule has 0 amide bonds. The Morgan fingerprint density at radius 3 is 2.55 bits per heavy atom. The average Bonchev–Trinajstić information content (AvgIpc) is 3.33. The topological polar surface area (TPSA) is 90.2 Å². The molecular weight excluding hydrogens is 284 g/mol. The van der Waals surface area contributed by atoms with Crippen molar-refractivity contribution >= 4 is 11.5 Å². The summed E-state index contributed by atoms with van der Waals surface area (Å²) in [5.41, 5.74) is -0.148. The first-order valence-corrected chi connectivity index (χ1v) is 7.97. The highest BCUT2D eigenvalue weighted by molar-refractivity contribution is 5.62. The minimum absolute atomic E-state index is 0.0628. The average molecular weight is 306 g/mol. The molecule has 2 aliphatic rings. The zero-order chi connectivity index (χ0) is 15.7. The molecule has 0 bridgehead atoms. The van der Waals surface area contributed by atoms with Crippen LogP contribution in [0.2, 0.25) is 0 Å². The maximum atomic E-state index is 11.4. The summed E-state index contributed by atoms with van der Waals surface area (Å²) in [5.74, 6) is 1.84. The maximum absolute atomic E-state index is 11.4. The van der Waals surface area contributed by atoms with Crippen molar-refractivity contribution in [2.45, 2.75) is 57.4 Å². The predicted molar refractivity (Wildman–Crippen MR) is 82.3 cm³/mol. The van der Waals surface area contributed by atoms with E-state index in [1.54, 1.807) is 0 Å². The SMILES string of the molecule is COc1nc(C2CC2)nc(NC2CCCCC2C)c1[N+](=O)[O-]. The van der Waals surface area contributed by atoms with Gasteiger partial charge in [-0.25, -0.2) is 4.98 Å². The highest BCUT2D eigenvalue weighted by Crippen LogP contribution is 2.42. The van der Waals surface area contributed by atoms with Crippen LogP contribution in [0.15, 0.2) is 0 Å². The second-order valence-electron chi connectivity index (χ2n) is 6.33. The predicted octanol–water partition coefficient (Wildman–Crippen LogP) is 3.26. The molecule has 7 heteroatoms. The van der Waals surface area contributed by atoms with Crippen molar-refractivity contribution in [1.29, 1.82) is 0 Å². The van der Waals surface area contributed by atoms with E-state index in [0.29, 0.717) is 23.5 Å². The number of methoxy groups -OCH3 is 1. The van der Waals surface area contributed by atoms with Crippen LogP contribution < -0.4 is 10.1 Å². The Hall–Kier alpha value is -1.92. The van der Waals surface area contributed by atoms with Crippen LogP contribution in [0.4, 0.5) is 11.5 Å². The molecule has 0 radical (unpaired) electrons. The normalized spacial score (nSPS) is 24.8. The smallest absolute Gasteiger partial charge is 0.372 e. The van der Waals surface area contributed by atoms with Crippen LogP contribution in [0.5, 0.6) is 5.88 Å². The second kappa shape index (κ2) is 6.06. The third-order valence-corrected chi connectivity index (χ3v) is 4.62. The molecule has 3 rings (SSSR count). The molecule has 0 saturated heterocycles. The minimum atomic E-state index is -0.453. The zero-order valence-corrected chi connectivity index (χ0v) is 13.0. The van der Waals surface area contributed by atoms with E-state index in [0.717, 1.165) is 32.1 Å². The van der Waals surface area contributed by atoms with Crippen molar-refractivity contribution in [1.82, 2.24) is 9.97 Å². The van der Waals surface area contributed by atoms with Crippen LogP contribution in [0.1, 0.15) is 57.2 Å². The summed E-state index contributed by atoms with van der Waals surface area (Å²) in [5, 5.41) is 14.7. The fourth-order valence-corrected chi connectivity index (χ4v) is 3.09. The van der Waals surface area contributed by atoms with Crippen LogP contribution in [-0.2, 0) is 0 Å². The molecule has 2 saturated carbocycles. The fourth-order valence-electron chi connectivity index (χ4n) is 3.09. The Bertz CT molecular complexity index is 574. The van der Waals surface area contributed by atoms with Gasteiger partial charge in [0.25, 0.3) is 5.88 Å². The van der Waals surface area contributed by atoms with Gasteiger partial charge in [-0.15, -0.1) is 0 Å². The number of aromatic nitrogens is 2. The lowest BCUT2D eigenvalue weighted by Crippen LogP contribution is -2.31. The van der Waals surface area contributed by atoms with Crippen molar-refractivity contribution < 1.29 is 9.66 Å². The lowest BCUT2D eigenvalue weighted by molar-refractivity contribution is -0.385. The van der Waals surface area contributed by atoms with E-state index in [1.165, 1.54) is 13.5 Å². The summed E-state index contributed by atoms with van der Waals surface area (Å²) in [4.78, 5) is 19.7. The molecule has 2 aliphatic carbocycles. The van der Waals surface area contributed by atoms with Crippen LogP contribution in [0.25, 0.3) is 0 Å².